The van der Waals surface area contributed by atoms with Crippen molar-refractivity contribution in [1.29, 1.82) is 0 Å². The molecule has 1 aromatic carbocycles. The number of anilines is 1. The Labute approximate surface area is 217 Å². The van der Waals surface area contributed by atoms with Crippen molar-refractivity contribution >= 4 is 34.9 Å². The average molecular weight is 517 g/mol. The zero-order valence-corrected chi connectivity index (χ0v) is 21.1. The SMILES string of the molecule is COC(=O)C1=C(C(=O)OC)N(c2ccc(C(=O)c3c(C)c(OC)c4ccccn34)cc2C(=O)O)C=CC=C1. The summed E-state index contributed by atoms with van der Waals surface area (Å²) in [5.74, 6) is -2.94. The van der Waals surface area contributed by atoms with Crippen LogP contribution < -0.4 is 9.64 Å². The number of carbonyl (C=O) groups excluding carboxylic acids is 3. The lowest BCUT2D eigenvalue weighted by atomic mass is 10.0. The van der Waals surface area contributed by atoms with Crippen LogP contribution in [0.25, 0.3) is 5.52 Å². The van der Waals surface area contributed by atoms with Gasteiger partial charge in [0.25, 0.3) is 0 Å². The number of rotatable bonds is 7. The number of hydrogen-bond donors (Lipinski definition) is 1. The number of aromatic carboxylic acids is 1. The molecular formula is C28H24N2O8. The van der Waals surface area contributed by atoms with Gasteiger partial charge in [-0.15, -0.1) is 0 Å². The lowest BCUT2D eigenvalue weighted by Crippen LogP contribution is -2.28. The minimum absolute atomic E-state index is 0.0325. The van der Waals surface area contributed by atoms with Crippen LogP contribution in [0.15, 0.2) is 78.3 Å². The van der Waals surface area contributed by atoms with Gasteiger partial charge < -0.3 is 28.6 Å². The van der Waals surface area contributed by atoms with E-state index < -0.39 is 23.7 Å². The highest BCUT2D eigenvalue weighted by Gasteiger charge is 2.31. The molecule has 0 atom stereocenters. The second-order valence-corrected chi connectivity index (χ2v) is 8.15. The summed E-state index contributed by atoms with van der Waals surface area (Å²) in [5, 5.41) is 10.1. The number of esters is 2. The fraction of sp³-hybridized carbons (Fsp3) is 0.143. The van der Waals surface area contributed by atoms with Crippen molar-refractivity contribution in [2.45, 2.75) is 6.92 Å². The number of carbonyl (C=O) groups is 4. The topological polar surface area (TPSA) is 124 Å². The Hall–Kier alpha value is -5.12. The third-order valence-electron chi connectivity index (χ3n) is 6.09. The molecule has 3 aromatic rings. The Morgan fingerprint density at radius 1 is 0.921 bits per heavy atom. The summed E-state index contributed by atoms with van der Waals surface area (Å²) >= 11 is 0. The van der Waals surface area contributed by atoms with E-state index in [1.807, 2.05) is 12.1 Å². The van der Waals surface area contributed by atoms with Crippen LogP contribution in [0.3, 0.4) is 0 Å². The van der Waals surface area contributed by atoms with Gasteiger partial charge in [-0.3, -0.25) is 4.79 Å². The molecule has 1 N–H and O–H groups in total. The van der Waals surface area contributed by atoms with Crippen LogP contribution in [0.1, 0.15) is 32.0 Å². The van der Waals surface area contributed by atoms with Crippen molar-refractivity contribution in [2.24, 2.45) is 0 Å². The van der Waals surface area contributed by atoms with Crippen molar-refractivity contribution in [3.05, 3.63) is 101 Å². The Bertz CT molecular complexity index is 1570. The number of fused-ring (bicyclic) bond motifs is 1. The molecule has 0 spiro atoms. The van der Waals surface area contributed by atoms with E-state index in [-0.39, 0.29) is 28.1 Å². The zero-order chi connectivity index (χ0) is 27.6. The summed E-state index contributed by atoms with van der Waals surface area (Å²) in [7, 11) is 3.81. The maximum atomic E-state index is 13.7. The molecule has 10 nitrogen and oxygen atoms in total. The van der Waals surface area contributed by atoms with Gasteiger partial charge in [0.05, 0.1) is 43.7 Å². The molecule has 0 radical (unpaired) electrons. The smallest absolute Gasteiger partial charge is 0.355 e. The maximum Gasteiger partial charge on any atom is 0.355 e. The largest absolute Gasteiger partial charge is 0.494 e. The fourth-order valence-electron chi connectivity index (χ4n) is 4.39. The number of allylic oxidation sites excluding steroid dienone is 2. The second kappa shape index (κ2) is 10.5. The maximum absolute atomic E-state index is 13.7. The minimum atomic E-state index is -1.35. The van der Waals surface area contributed by atoms with Gasteiger partial charge in [0, 0.05) is 23.5 Å². The number of aromatic nitrogens is 1. The number of methoxy groups -OCH3 is 3. The van der Waals surface area contributed by atoms with Crippen LogP contribution in [0, 0.1) is 6.92 Å². The van der Waals surface area contributed by atoms with Crippen LogP contribution in [-0.2, 0) is 19.1 Å². The molecule has 10 heteroatoms. The number of carboxylic acid groups (broad SMARTS) is 1. The molecule has 0 saturated carbocycles. The van der Waals surface area contributed by atoms with E-state index >= 15 is 0 Å². The molecule has 0 bridgehead atoms. The van der Waals surface area contributed by atoms with Crippen LogP contribution in [0.5, 0.6) is 5.75 Å². The first-order valence-electron chi connectivity index (χ1n) is 11.4. The van der Waals surface area contributed by atoms with E-state index in [0.717, 1.165) is 14.2 Å². The van der Waals surface area contributed by atoms with Crippen molar-refractivity contribution in [3.8, 4) is 5.75 Å². The molecule has 2 aromatic heterocycles. The number of nitrogens with zero attached hydrogens (tertiary/aromatic N) is 2. The van der Waals surface area contributed by atoms with Crippen molar-refractivity contribution in [1.82, 2.24) is 4.40 Å². The predicted octanol–water partition coefficient (Wildman–Crippen LogP) is 3.68. The summed E-state index contributed by atoms with van der Waals surface area (Å²) in [6.07, 6.45) is 7.52. The average Bonchev–Trinajstić information content (AvgIpc) is 3.06. The molecule has 0 amide bonds. The summed E-state index contributed by atoms with van der Waals surface area (Å²) in [5.41, 5.74) is 1.09. The van der Waals surface area contributed by atoms with E-state index in [4.69, 9.17) is 14.2 Å². The normalized spacial score (nSPS) is 12.9. The minimum Gasteiger partial charge on any atom is -0.494 e. The van der Waals surface area contributed by atoms with Crippen LogP contribution in [0.2, 0.25) is 0 Å². The molecule has 1 aliphatic rings. The molecule has 0 saturated heterocycles. The van der Waals surface area contributed by atoms with E-state index in [1.54, 1.807) is 23.6 Å². The first-order chi connectivity index (χ1) is 18.2. The van der Waals surface area contributed by atoms with Gasteiger partial charge in [-0.05, 0) is 49.4 Å². The number of hydrogen-bond acceptors (Lipinski definition) is 8. The molecule has 0 unspecified atom stereocenters. The molecule has 4 rings (SSSR count). The second-order valence-electron chi connectivity index (χ2n) is 8.15. The van der Waals surface area contributed by atoms with E-state index in [0.29, 0.717) is 22.5 Å². The summed E-state index contributed by atoms with van der Waals surface area (Å²) < 4.78 is 16.9. The van der Waals surface area contributed by atoms with Crippen molar-refractivity contribution in [3.63, 3.8) is 0 Å². The van der Waals surface area contributed by atoms with Gasteiger partial charge in [-0.2, -0.15) is 0 Å². The standard InChI is InChI=1S/C28H24N2O8/c1-16-22(30-14-8-6-10-21(30)25(16)36-2)24(31)17-11-12-20(19(15-17)26(32)33)29-13-7-5-9-18(27(34)37-3)23(29)28(35)38-4/h5-15H,1-4H3,(H,32,33). The van der Waals surface area contributed by atoms with Crippen LogP contribution in [0.4, 0.5) is 5.69 Å². The summed E-state index contributed by atoms with van der Waals surface area (Å²) in [6.45, 7) is 1.75. The summed E-state index contributed by atoms with van der Waals surface area (Å²) in [4.78, 5) is 52.5. The van der Waals surface area contributed by atoms with E-state index in [1.165, 1.54) is 54.6 Å². The number of benzene rings is 1. The van der Waals surface area contributed by atoms with Gasteiger partial charge in [0.15, 0.2) is 0 Å². The molecule has 0 aliphatic carbocycles. The third kappa shape index (κ3) is 4.32. The molecule has 0 fully saturated rings. The lowest BCUT2D eigenvalue weighted by molar-refractivity contribution is -0.139. The predicted molar refractivity (Wildman–Crippen MR) is 137 cm³/mol. The molecular weight excluding hydrogens is 492 g/mol. The van der Waals surface area contributed by atoms with Crippen molar-refractivity contribution < 1.29 is 38.5 Å². The highest BCUT2D eigenvalue weighted by atomic mass is 16.5. The van der Waals surface area contributed by atoms with Gasteiger partial charge in [0.2, 0.25) is 5.78 Å². The highest BCUT2D eigenvalue weighted by molar-refractivity contribution is 6.12. The van der Waals surface area contributed by atoms with E-state index in [2.05, 4.69) is 0 Å². The zero-order valence-electron chi connectivity index (χ0n) is 21.1. The van der Waals surface area contributed by atoms with Gasteiger partial charge in [-0.1, -0.05) is 12.1 Å². The number of carboxylic acids is 1. The first-order valence-corrected chi connectivity index (χ1v) is 11.4. The number of ether oxygens (including phenoxy) is 3. The molecule has 38 heavy (non-hydrogen) atoms. The van der Waals surface area contributed by atoms with Gasteiger partial charge in [-0.25, -0.2) is 14.4 Å². The van der Waals surface area contributed by atoms with Crippen molar-refractivity contribution in [2.75, 3.05) is 26.2 Å². The van der Waals surface area contributed by atoms with Gasteiger partial charge >= 0.3 is 17.9 Å². The monoisotopic (exact) mass is 516 g/mol. The first kappa shape index (κ1) is 26.0. The van der Waals surface area contributed by atoms with E-state index in [9.17, 15) is 24.3 Å². The molecule has 194 valence electrons. The van der Waals surface area contributed by atoms with Crippen LogP contribution in [-0.4, -0.2) is 54.5 Å². The highest BCUT2D eigenvalue weighted by Crippen LogP contribution is 2.34. The number of pyridine rings is 1. The third-order valence-corrected chi connectivity index (χ3v) is 6.09. The fourth-order valence-corrected chi connectivity index (χ4v) is 4.39. The Morgan fingerprint density at radius 2 is 1.66 bits per heavy atom. The Balaban J connectivity index is 1.90. The Morgan fingerprint density at radius 3 is 2.32 bits per heavy atom. The van der Waals surface area contributed by atoms with Crippen LogP contribution >= 0.6 is 0 Å². The molecule has 3 heterocycles. The molecule has 1 aliphatic heterocycles. The summed E-state index contributed by atoms with van der Waals surface area (Å²) in [6, 6.07) is 9.49. The lowest BCUT2D eigenvalue weighted by Gasteiger charge is -2.24. The van der Waals surface area contributed by atoms with Gasteiger partial charge in [0.1, 0.15) is 17.1 Å². The number of ketones is 1. The quantitative estimate of drug-likeness (QED) is 0.370. The Kier molecular flexibility index (Phi) is 7.15.